The number of nitrogens with one attached hydrogen (secondary N) is 1. The van der Waals surface area contributed by atoms with Crippen LogP contribution < -0.4 is 10.1 Å². The van der Waals surface area contributed by atoms with E-state index in [2.05, 4.69) is 35.5 Å². The number of fused-ring (bicyclic) bond motifs is 1. The van der Waals surface area contributed by atoms with Crippen molar-refractivity contribution in [2.24, 2.45) is 0 Å². The molecule has 0 radical (unpaired) electrons. The highest BCUT2D eigenvalue weighted by Gasteiger charge is 2.17. The highest BCUT2D eigenvalue weighted by atomic mass is 16.5. The maximum Gasteiger partial charge on any atom is 0.296 e. The predicted molar refractivity (Wildman–Crippen MR) is 89.9 cm³/mol. The number of anilines is 1. The Morgan fingerprint density at radius 3 is 3.13 bits per heavy atom. The Kier molecular flexibility index (Phi) is 4.46. The number of hydrogen-bond acceptors (Lipinski definition) is 5. The van der Waals surface area contributed by atoms with Crippen molar-refractivity contribution in [1.29, 1.82) is 0 Å². The molecular formula is C18H20N2O3. The average molecular weight is 312 g/mol. The van der Waals surface area contributed by atoms with Gasteiger partial charge in [-0.15, -0.1) is 0 Å². The van der Waals surface area contributed by atoms with Crippen molar-refractivity contribution in [2.75, 3.05) is 12.4 Å². The molecule has 1 aliphatic carbocycles. The van der Waals surface area contributed by atoms with E-state index in [1.54, 1.807) is 7.11 Å². The molecule has 2 aromatic rings. The first-order valence-electron chi connectivity index (χ1n) is 7.72. The van der Waals surface area contributed by atoms with Gasteiger partial charge < -0.3 is 19.3 Å². The molecule has 1 unspecified atom stereocenters. The van der Waals surface area contributed by atoms with Gasteiger partial charge in [0.2, 0.25) is 0 Å². The largest absolute Gasteiger partial charge is 0.494 e. The Bertz CT molecular complexity index is 774. The van der Waals surface area contributed by atoms with Gasteiger partial charge in [0, 0.05) is 6.42 Å². The van der Waals surface area contributed by atoms with Gasteiger partial charge in [-0.2, -0.15) is 4.98 Å². The zero-order valence-electron chi connectivity index (χ0n) is 13.3. The number of carbonyl (C=O) groups is 1. The minimum atomic E-state index is 0.193. The van der Waals surface area contributed by atoms with Crippen LogP contribution in [-0.2, 0) is 11.2 Å². The summed E-state index contributed by atoms with van der Waals surface area (Å²) in [5.74, 6) is 0.617. The molecule has 1 heterocycles. The van der Waals surface area contributed by atoms with Crippen molar-refractivity contribution >= 4 is 23.4 Å². The van der Waals surface area contributed by atoms with E-state index in [-0.39, 0.29) is 6.04 Å². The normalized spacial score (nSPS) is 17.7. The zero-order valence-corrected chi connectivity index (χ0v) is 13.3. The van der Waals surface area contributed by atoms with Crippen LogP contribution in [0.15, 0.2) is 40.4 Å². The minimum Gasteiger partial charge on any atom is -0.494 e. The zero-order chi connectivity index (χ0) is 16.2. The van der Waals surface area contributed by atoms with Crippen molar-refractivity contribution in [3.05, 3.63) is 41.5 Å². The lowest BCUT2D eigenvalue weighted by Crippen LogP contribution is -2.20. The SMILES string of the molecule is COc1cc(CC=O)cc2oc(NC3CCC=CC=C3C)nc12. The highest BCUT2D eigenvalue weighted by Crippen LogP contribution is 2.30. The van der Waals surface area contributed by atoms with Gasteiger partial charge in [-0.25, -0.2) is 0 Å². The number of rotatable bonds is 5. The van der Waals surface area contributed by atoms with E-state index in [9.17, 15) is 4.79 Å². The topological polar surface area (TPSA) is 64.4 Å². The van der Waals surface area contributed by atoms with Gasteiger partial charge in [-0.05, 0) is 37.5 Å². The summed E-state index contributed by atoms with van der Waals surface area (Å²) < 4.78 is 11.2. The molecule has 0 saturated carbocycles. The van der Waals surface area contributed by atoms with Crippen LogP contribution in [0.5, 0.6) is 5.75 Å². The lowest BCUT2D eigenvalue weighted by Gasteiger charge is -2.16. The number of allylic oxidation sites excluding steroid dienone is 3. The van der Waals surface area contributed by atoms with Crippen LogP contribution >= 0.6 is 0 Å². The standard InChI is InChI=1S/C18H20N2O3/c1-12-6-4-3-5-7-14(12)19-18-20-17-15(22-2)10-13(8-9-21)11-16(17)23-18/h3-4,6,9-11,14H,5,7-8H2,1-2H3,(H,19,20). The van der Waals surface area contributed by atoms with E-state index in [1.165, 1.54) is 5.57 Å². The van der Waals surface area contributed by atoms with E-state index >= 15 is 0 Å². The molecule has 0 bridgehead atoms. The number of carbonyl (C=O) groups excluding carboxylic acids is 1. The Labute approximate surface area is 135 Å². The van der Waals surface area contributed by atoms with E-state index in [0.29, 0.717) is 29.3 Å². The van der Waals surface area contributed by atoms with Gasteiger partial charge in [-0.1, -0.05) is 23.8 Å². The number of oxazole rings is 1. The number of aromatic nitrogens is 1. The van der Waals surface area contributed by atoms with Crippen LogP contribution in [0.1, 0.15) is 25.3 Å². The maximum absolute atomic E-state index is 10.7. The Morgan fingerprint density at radius 2 is 2.35 bits per heavy atom. The molecule has 1 aliphatic rings. The highest BCUT2D eigenvalue weighted by molar-refractivity contribution is 5.83. The van der Waals surface area contributed by atoms with Crippen molar-refractivity contribution < 1.29 is 13.9 Å². The number of nitrogens with zero attached hydrogens (tertiary/aromatic N) is 1. The molecule has 0 aliphatic heterocycles. The summed E-state index contributed by atoms with van der Waals surface area (Å²) in [6, 6.07) is 4.32. The number of aldehydes is 1. The molecule has 5 heteroatoms. The molecule has 120 valence electrons. The molecule has 0 fully saturated rings. The molecule has 0 spiro atoms. The van der Waals surface area contributed by atoms with Gasteiger partial charge in [0.15, 0.2) is 11.1 Å². The predicted octanol–water partition coefficient (Wildman–Crippen LogP) is 3.65. The Hall–Kier alpha value is -2.56. The summed E-state index contributed by atoms with van der Waals surface area (Å²) in [7, 11) is 1.59. The smallest absolute Gasteiger partial charge is 0.296 e. The molecule has 3 rings (SSSR count). The van der Waals surface area contributed by atoms with E-state index in [4.69, 9.17) is 9.15 Å². The van der Waals surface area contributed by atoms with Crippen molar-refractivity contribution in [3.8, 4) is 5.75 Å². The van der Waals surface area contributed by atoms with E-state index in [0.717, 1.165) is 24.7 Å². The van der Waals surface area contributed by atoms with Gasteiger partial charge in [0.25, 0.3) is 6.01 Å². The molecule has 0 amide bonds. The summed E-state index contributed by atoms with van der Waals surface area (Å²) in [6.45, 7) is 2.10. The fourth-order valence-electron chi connectivity index (χ4n) is 2.74. The number of benzene rings is 1. The van der Waals surface area contributed by atoms with Gasteiger partial charge in [0.1, 0.15) is 12.0 Å². The Morgan fingerprint density at radius 1 is 1.48 bits per heavy atom. The fraction of sp³-hybridized carbons (Fsp3) is 0.333. The second-order valence-electron chi connectivity index (χ2n) is 5.65. The van der Waals surface area contributed by atoms with Crippen LogP contribution in [0, 0.1) is 0 Å². The van der Waals surface area contributed by atoms with Gasteiger partial charge in [-0.3, -0.25) is 0 Å². The molecule has 23 heavy (non-hydrogen) atoms. The molecule has 0 saturated heterocycles. The Balaban J connectivity index is 1.91. The third kappa shape index (κ3) is 3.28. The molecule has 1 aromatic heterocycles. The van der Waals surface area contributed by atoms with Crippen molar-refractivity contribution in [3.63, 3.8) is 0 Å². The minimum absolute atomic E-state index is 0.193. The summed E-state index contributed by atoms with van der Waals surface area (Å²) in [4.78, 5) is 15.2. The third-order valence-electron chi connectivity index (χ3n) is 4.02. The number of hydrogen-bond donors (Lipinski definition) is 1. The fourth-order valence-corrected chi connectivity index (χ4v) is 2.74. The summed E-state index contributed by atoms with van der Waals surface area (Å²) in [6.07, 6.45) is 9.54. The second kappa shape index (κ2) is 6.69. The first kappa shape index (κ1) is 15.3. The number of ether oxygens (including phenoxy) is 1. The van der Waals surface area contributed by atoms with Crippen LogP contribution in [0.3, 0.4) is 0 Å². The number of methoxy groups -OCH3 is 1. The monoisotopic (exact) mass is 312 g/mol. The molecule has 5 nitrogen and oxygen atoms in total. The van der Waals surface area contributed by atoms with Gasteiger partial charge in [0.05, 0.1) is 13.2 Å². The van der Waals surface area contributed by atoms with Crippen LogP contribution in [0.25, 0.3) is 11.1 Å². The lowest BCUT2D eigenvalue weighted by atomic mass is 10.1. The third-order valence-corrected chi connectivity index (χ3v) is 4.02. The van der Waals surface area contributed by atoms with E-state index in [1.807, 2.05) is 12.1 Å². The summed E-state index contributed by atoms with van der Waals surface area (Å²) in [5.41, 5.74) is 3.38. The molecule has 1 N–H and O–H groups in total. The lowest BCUT2D eigenvalue weighted by molar-refractivity contribution is -0.107. The van der Waals surface area contributed by atoms with Crippen LogP contribution in [-0.4, -0.2) is 24.4 Å². The molecular weight excluding hydrogens is 292 g/mol. The maximum atomic E-state index is 10.7. The quantitative estimate of drug-likeness (QED) is 0.854. The first-order valence-corrected chi connectivity index (χ1v) is 7.72. The second-order valence-corrected chi connectivity index (χ2v) is 5.65. The van der Waals surface area contributed by atoms with E-state index < -0.39 is 0 Å². The summed E-state index contributed by atoms with van der Waals surface area (Å²) in [5, 5.41) is 3.35. The van der Waals surface area contributed by atoms with Crippen molar-refractivity contribution in [2.45, 2.75) is 32.2 Å². The van der Waals surface area contributed by atoms with Gasteiger partial charge >= 0.3 is 0 Å². The summed E-state index contributed by atoms with van der Waals surface area (Å²) >= 11 is 0. The van der Waals surface area contributed by atoms with Crippen molar-refractivity contribution in [1.82, 2.24) is 4.98 Å². The first-order chi connectivity index (χ1) is 11.2. The van der Waals surface area contributed by atoms with Crippen LogP contribution in [0.2, 0.25) is 0 Å². The molecule has 1 atom stereocenters. The average Bonchev–Trinajstić information content (AvgIpc) is 2.84. The molecule has 1 aromatic carbocycles. The van der Waals surface area contributed by atoms with Crippen LogP contribution in [0.4, 0.5) is 6.01 Å².